The third-order valence-corrected chi connectivity index (χ3v) is 12.8. The lowest BCUT2D eigenvalue weighted by Crippen LogP contribution is -2.57. The molecule has 5 heterocycles. The Labute approximate surface area is 336 Å². The summed E-state index contributed by atoms with van der Waals surface area (Å²) >= 11 is 0. The Bertz CT molecular complexity index is 2370. The predicted molar refractivity (Wildman–Crippen MR) is 218 cm³/mol. The molecule has 13 heteroatoms. The van der Waals surface area contributed by atoms with Crippen molar-refractivity contribution in [3.05, 3.63) is 121 Å². The van der Waals surface area contributed by atoms with Gasteiger partial charge in [-0.15, -0.1) is 0 Å². The molecule has 13 nitrogen and oxygen atoms in total. The molecule has 0 spiro atoms. The van der Waals surface area contributed by atoms with Crippen molar-refractivity contribution in [3.63, 3.8) is 0 Å². The van der Waals surface area contributed by atoms with Gasteiger partial charge in [0.15, 0.2) is 5.43 Å². The lowest BCUT2D eigenvalue weighted by Gasteiger charge is -2.49. The van der Waals surface area contributed by atoms with Crippen LogP contribution in [0.25, 0.3) is 11.0 Å². The summed E-state index contributed by atoms with van der Waals surface area (Å²) in [5.74, 6) is -1.15. The molecule has 0 fully saturated rings. The molecule has 9 N–H and O–H groups in total. The second kappa shape index (κ2) is 15.7. The SMILES string of the molecule is CC=C(CO)C(=O)OC1Cc2c3c(c4oc(CO)cc(=O)c4c2O)C2Cc4cc(O)ccc4CCC(CC(CC4=CNC(NCC)C=C4)C1(C)O3)C1=C(N)NCC=C12. The zero-order chi connectivity index (χ0) is 40.9. The first-order valence-electron chi connectivity index (χ1n) is 20.2. The highest BCUT2D eigenvalue weighted by Gasteiger charge is 2.53. The van der Waals surface area contributed by atoms with E-state index in [1.54, 1.807) is 19.1 Å². The van der Waals surface area contributed by atoms with Crippen LogP contribution in [0.1, 0.15) is 74.0 Å². The lowest BCUT2D eigenvalue weighted by atomic mass is 9.67. The van der Waals surface area contributed by atoms with Crippen molar-refractivity contribution >= 4 is 16.9 Å². The molecule has 4 bridgehead atoms. The van der Waals surface area contributed by atoms with Crippen molar-refractivity contribution in [2.75, 3.05) is 19.7 Å². The second-order valence-corrected chi connectivity index (χ2v) is 16.1. The summed E-state index contributed by atoms with van der Waals surface area (Å²) in [6.45, 7) is 5.77. The number of aryl methyl sites for hydroxylation is 1. The number of fused-ring (bicyclic) bond motifs is 5. The number of nitrogens with one attached hydrogen (secondary N) is 3. The van der Waals surface area contributed by atoms with Crippen LogP contribution in [0.4, 0.5) is 0 Å². The Hall–Kier alpha value is -5.50. The van der Waals surface area contributed by atoms with Crippen LogP contribution in [-0.2, 0) is 35.4 Å². The molecule has 0 radical (unpaired) electrons. The molecule has 3 aromatic rings. The summed E-state index contributed by atoms with van der Waals surface area (Å²) in [6, 6.07) is 6.60. The number of phenols is 2. The van der Waals surface area contributed by atoms with Gasteiger partial charge in [0.1, 0.15) is 58.1 Å². The molecular weight excluding hydrogens is 741 g/mol. The van der Waals surface area contributed by atoms with Gasteiger partial charge < -0.3 is 50.7 Å². The molecule has 1 aliphatic carbocycles. The molecule has 306 valence electrons. The standard InChI is InChI=1S/C45H52N4O9/c1-4-24(21-50)44(55)57-35-19-33-40(54)39-34(53)18-30(22-51)56-42(39)38-32-17-27-16-29(52)10-9-25(27)7-8-26(37-31(32)12-13-48-43(37)46)15-28(45(35,3)58-41(33)38)14-23-6-11-36(47-5-2)49-20-23/h4,6,9-12,16,18,20,26,28,32,35-36,47-52,54H,5,7-8,13-15,17,19,21-22,46H2,1-3H3. The highest BCUT2D eigenvalue weighted by molar-refractivity contribution is 5.92. The van der Waals surface area contributed by atoms with Crippen LogP contribution >= 0.6 is 0 Å². The zero-order valence-corrected chi connectivity index (χ0v) is 33.1. The van der Waals surface area contributed by atoms with Gasteiger partial charge in [-0.1, -0.05) is 31.2 Å². The van der Waals surface area contributed by atoms with Gasteiger partial charge in [-0.25, -0.2) is 4.79 Å². The van der Waals surface area contributed by atoms with Crippen LogP contribution < -0.4 is 31.8 Å². The summed E-state index contributed by atoms with van der Waals surface area (Å²) in [5, 5.41) is 53.5. The van der Waals surface area contributed by atoms with Crippen LogP contribution in [0.5, 0.6) is 17.2 Å². The van der Waals surface area contributed by atoms with E-state index in [9.17, 15) is 30.0 Å². The van der Waals surface area contributed by atoms with E-state index in [-0.39, 0.29) is 63.8 Å². The highest BCUT2D eigenvalue weighted by atomic mass is 16.6. The van der Waals surface area contributed by atoms with Crippen LogP contribution in [0, 0.1) is 11.8 Å². The largest absolute Gasteiger partial charge is 0.508 e. The van der Waals surface area contributed by atoms with Gasteiger partial charge in [0.05, 0.1) is 18.3 Å². The maximum absolute atomic E-state index is 14.0. The number of dihydropyridines is 2. The molecule has 0 amide bonds. The summed E-state index contributed by atoms with van der Waals surface area (Å²) in [6.07, 6.45) is 11.5. The van der Waals surface area contributed by atoms with Gasteiger partial charge in [-0.05, 0) is 104 Å². The number of esters is 1. The topological polar surface area (TPSA) is 209 Å². The van der Waals surface area contributed by atoms with Gasteiger partial charge in [0.2, 0.25) is 0 Å². The van der Waals surface area contributed by atoms with E-state index in [0.29, 0.717) is 55.8 Å². The number of aromatic hydroxyl groups is 2. The number of hydrogen-bond acceptors (Lipinski definition) is 13. The fourth-order valence-corrected chi connectivity index (χ4v) is 9.74. The van der Waals surface area contributed by atoms with Crippen molar-refractivity contribution in [1.29, 1.82) is 0 Å². The average molecular weight is 793 g/mol. The van der Waals surface area contributed by atoms with Crippen LogP contribution in [0.3, 0.4) is 0 Å². The van der Waals surface area contributed by atoms with Gasteiger partial charge in [0.25, 0.3) is 0 Å². The zero-order valence-electron chi connectivity index (χ0n) is 33.1. The van der Waals surface area contributed by atoms with E-state index in [2.05, 4.69) is 34.2 Å². The third kappa shape index (κ3) is 6.84. The minimum absolute atomic E-state index is 0.0116. The summed E-state index contributed by atoms with van der Waals surface area (Å²) in [7, 11) is 0. The van der Waals surface area contributed by atoms with E-state index in [1.807, 2.05) is 26.1 Å². The van der Waals surface area contributed by atoms with Crippen molar-refractivity contribution in [1.82, 2.24) is 16.0 Å². The van der Waals surface area contributed by atoms with Gasteiger partial charge in [-0.3, -0.25) is 10.1 Å². The average Bonchev–Trinajstić information content (AvgIpc) is 3.26. The number of aliphatic hydroxyl groups excluding tert-OH is 2. The molecule has 6 unspecified atom stereocenters. The van der Waals surface area contributed by atoms with Gasteiger partial charge >= 0.3 is 5.97 Å². The molecule has 5 aliphatic rings. The number of nitrogens with two attached hydrogens (primary N) is 1. The van der Waals surface area contributed by atoms with Crippen molar-refractivity contribution in [2.24, 2.45) is 17.6 Å². The number of carbonyl (C=O) groups excluding carboxylic acids is 1. The Balaban J connectivity index is 1.45. The number of hydrogen-bond donors (Lipinski definition) is 8. The molecule has 58 heavy (non-hydrogen) atoms. The monoisotopic (exact) mass is 792 g/mol. The number of aliphatic hydroxyl groups is 2. The normalized spacial score (nSPS) is 26.4. The first-order chi connectivity index (χ1) is 28.0. The smallest absolute Gasteiger partial charge is 0.336 e. The highest BCUT2D eigenvalue weighted by Crippen LogP contribution is 2.56. The van der Waals surface area contributed by atoms with Crippen molar-refractivity contribution in [3.8, 4) is 17.2 Å². The Kier molecular flexibility index (Phi) is 10.6. The van der Waals surface area contributed by atoms with E-state index in [1.165, 1.54) is 12.1 Å². The summed E-state index contributed by atoms with van der Waals surface area (Å²) in [5.41, 5.74) is 11.0. The Morgan fingerprint density at radius 3 is 2.72 bits per heavy atom. The second-order valence-electron chi connectivity index (χ2n) is 16.1. The minimum atomic E-state index is -1.26. The van der Waals surface area contributed by atoms with Crippen molar-refractivity contribution < 1.29 is 39.1 Å². The van der Waals surface area contributed by atoms with E-state index < -0.39 is 42.2 Å². The molecule has 6 atom stereocenters. The van der Waals surface area contributed by atoms with Crippen LogP contribution in [0.2, 0.25) is 0 Å². The summed E-state index contributed by atoms with van der Waals surface area (Å²) < 4.78 is 20.2. The maximum atomic E-state index is 14.0. The fraction of sp³-hybridized carbons (Fsp3) is 0.422. The number of ether oxygens (including phenoxy) is 2. The minimum Gasteiger partial charge on any atom is -0.508 e. The van der Waals surface area contributed by atoms with E-state index in [0.717, 1.165) is 34.4 Å². The van der Waals surface area contributed by atoms with Gasteiger partial charge in [-0.2, -0.15) is 0 Å². The van der Waals surface area contributed by atoms with Crippen molar-refractivity contribution in [2.45, 2.75) is 89.7 Å². The van der Waals surface area contributed by atoms with E-state index >= 15 is 0 Å². The molecular formula is C45H52N4O9. The number of carbonyl (C=O) groups is 1. The first-order valence-corrected chi connectivity index (χ1v) is 20.2. The molecule has 8 rings (SSSR count). The number of benzene rings is 2. The third-order valence-electron chi connectivity index (χ3n) is 12.8. The predicted octanol–water partition coefficient (Wildman–Crippen LogP) is 4.22. The number of phenolic OH excluding ortho intramolecular Hbond substituents is 2. The molecule has 1 aromatic heterocycles. The lowest BCUT2D eigenvalue weighted by molar-refractivity contribution is -0.166. The molecule has 4 aliphatic heterocycles. The molecule has 2 aromatic carbocycles. The Morgan fingerprint density at radius 2 is 2.00 bits per heavy atom. The maximum Gasteiger partial charge on any atom is 0.336 e. The molecule has 0 saturated carbocycles. The number of rotatable bonds is 8. The van der Waals surface area contributed by atoms with Gasteiger partial charge in [0, 0.05) is 48.2 Å². The Morgan fingerprint density at radius 1 is 1.17 bits per heavy atom. The number of likely N-dealkylation sites (N-methyl/N-ethyl adjacent to an activating group) is 1. The number of allylic oxidation sites excluding steroid dienone is 5. The first kappa shape index (κ1) is 39.3. The van der Waals surface area contributed by atoms with Crippen LogP contribution in [0.15, 0.2) is 92.1 Å². The summed E-state index contributed by atoms with van der Waals surface area (Å²) in [4.78, 5) is 27.8. The molecule has 0 saturated heterocycles. The van der Waals surface area contributed by atoms with E-state index in [4.69, 9.17) is 19.6 Å². The quantitative estimate of drug-likeness (QED) is 0.119. The van der Waals surface area contributed by atoms with Crippen LogP contribution in [-0.4, -0.2) is 64.0 Å². The fourth-order valence-electron chi connectivity index (χ4n) is 9.74.